The second kappa shape index (κ2) is 15.5. The molecule has 0 amide bonds. The average Bonchev–Trinajstić information content (AvgIpc) is 2.68. The topological polar surface area (TPSA) is 20.3 Å². The van der Waals surface area contributed by atoms with Crippen LogP contribution in [0, 0.1) is 17.8 Å². The van der Waals surface area contributed by atoms with Crippen LogP contribution >= 0.6 is 0 Å². The van der Waals surface area contributed by atoms with Gasteiger partial charge in [0, 0.05) is 18.9 Å². The van der Waals surface area contributed by atoms with Crippen molar-refractivity contribution in [2.75, 3.05) is 19.6 Å². The van der Waals surface area contributed by atoms with Gasteiger partial charge in [-0.15, -0.1) is 0 Å². The fraction of sp³-hybridized carbons (Fsp3) is 0.960. The summed E-state index contributed by atoms with van der Waals surface area (Å²) in [6.45, 7) is 12.8. The summed E-state index contributed by atoms with van der Waals surface area (Å²) in [6.07, 6.45) is 17.8. The molecular formula is C25H49NO. The maximum atomic E-state index is 12.5. The molecule has 2 unspecified atom stereocenters. The monoisotopic (exact) mass is 379 g/mol. The highest BCUT2D eigenvalue weighted by Crippen LogP contribution is 2.25. The Hall–Kier alpha value is -0.370. The zero-order valence-electron chi connectivity index (χ0n) is 19.1. The van der Waals surface area contributed by atoms with E-state index in [9.17, 15) is 4.79 Å². The minimum absolute atomic E-state index is 0.285. The van der Waals surface area contributed by atoms with Gasteiger partial charge in [-0.1, -0.05) is 85.5 Å². The van der Waals surface area contributed by atoms with Crippen LogP contribution in [0.5, 0.6) is 0 Å². The van der Waals surface area contributed by atoms with Crippen molar-refractivity contribution in [2.24, 2.45) is 17.8 Å². The number of unbranched alkanes of at least 4 members (excludes halogenated alkanes) is 6. The summed E-state index contributed by atoms with van der Waals surface area (Å²) >= 11 is 0. The van der Waals surface area contributed by atoms with Gasteiger partial charge in [0.1, 0.15) is 5.78 Å². The molecule has 0 aromatic carbocycles. The van der Waals surface area contributed by atoms with Crippen molar-refractivity contribution >= 4 is 5.78 Å². The van der Waals surface area contributed by atoms with Crippen LogP contribution in [0.3, 0.4) is 0 Å². The fourth-order valence-electron chi connectivity index (χ4n) is 4.55. The Morgan fingerprint density at radius 3 is 2.04 bits per heavy atom. The van der Waals surface area contributed by atoms with E-state index in [0.29, 0.717) is 11.7 Å². The average molecular weight is 380 g/mol. The molecule has 0 bridgehead atoms. The number of likely N-dealkylation sites (tertiary alicyclic amines) is 1. The van der Waals surface area contributed by atoms with Crippen LogP contribution in [0.15, 0.2) is 0 Å². The van der Waals surface area contributed by atoms with Crippen LogP contribution in [0.25, 0.3) is 0 Å². The standard InChI is InChI=1S/C25H49NO/c1-5-8-10-12-14-22(4)25(27)20-24-16-18-26(19-17-24)21-23(7-3)15-13-11-9-6-2/h22-24H,5-21H2,1-4H3. The van der Waals surface area contributed by atoms with Crippen LogP contribution in [-0.4, -0.2) is 30.3 Å². The summed E-state index contributed by atoms with van der Waals surface area (Å²) in [4.78, 5) is 15.2. The highest BCUT2D eigenvalue weighted by atomic mass is 16.1. The van der Waals surface area contributed by atoms with E-state index in [1.165, 1.54) is 96.7 Å². The van der Waals surface area contributed by atoms with E-state index in [-0.39, 0.29) is 5.92 Å². The van der Waals surface area contributed by atoms with E-state index in [1.54, 1.807) is 0 Å². The van der Waals surface area contributed by atoms with Gasteiger partial charge in [-0.2, -0.15) is 0 Å². The Bertz CT molecular complexity index is 359. The molecule has 1 rings (SSSR count). The fourth-order valence-corrected chi connectivity index (χ4v) is 4.55. The van der Waals surface area contributed by atoms with Crippen LogP contribution in [0.1, 0.15) is 118 Å². The number of ketones is 1. The number of nitrogens with zero attached hydrogens (tertiary/aromatic N) is 1. The first-order valence-electron chi connectivity index (χ1n) is 12.4. The molecule has 0 aliphatic carbocycles. The first-order valence-corrected chi connectivity index (χ1v) is 12.4. The maximum absolute atomic E-state index is 12.5. The van der Waals surface area contributed by atoms with E-state index in [0.717, 1.165) is 18.8 Å². The summed E-state index contributed by atoms with van der Waals surface area (Å²) in [5, 5.41) is 0. The number of piperidine rings is 1. The van der Waals surface area contributed by atoms with E-state index < -0.39 is 0 Å². The molecule has 0 saturated carbocycles. The molecule has 160 valence electrons. The molecule has 2 atom stereocenters. The van der Waals surface area contributed by atoms with Gasteiger partial charge >= 0.3 is 0 Å². The molecule has 1 aliphatic heterocycles. The number of hydrogen-bond donors (Lipinski definition) is 0. The van der Waals surface area contributed by atoms with Gasteiger partial charge in [-0.25, -0.2) is 0 Å². The lowest BCUT2D eigenvalue weighted by atomic mass is 9.86. The molecule has 1 heterocycles. The SMILES string of the molecule is CCCCCCC(CC)CN1CCC(CC(=O)C(C)CCCCCC)CC1. The van der Waals surface area contributed by atoms with Crippen molar-refractivity contribution in [1.82, 2.24) is 4.90 Å². The first-order chi connectivity index (χ1) is 13.1. The van der Waals surface area contributed by atoms with E-state index in [1.807, 2.05) is 0 Å². The Morgan fingerprint density at radius 1 is 0.889 bits per heavy atom. The molecule has 0 radical (unpaired) electrons. The Labute approximate surface area is 170 Å². The number of Topliss-reactive ketones (excluding diaryl/α,β-unsaturated/α-hetero) is 1. The minimum atomic E-state index is 0.285. The van der Waals surface area contributed by atoms with Crippen molar-refractivity contribution in [3.05, 3.63) is 0 Å². The molecule has 2 heteroatoms. The third-order valence-corrected chi connectivity index (χ3v) is 6.80. The van der Waals surface area contributed by atoms with Gasteiger partial charge in [0.15, 0.2) is 0 Å². The molecule has 0 spiro atoms. The number of rotatable bonds is 16. The Morgan fingerprint density at radius 2 is 1.48 bits per heavy atom. The molecular weight excluding hydrogens is 330 g/mol. The summed E-state index contributed by atoms with van der Waals surface area (Å²) in [6, 6.07) is 0. The van der Waals surface area contributed by atoms with Gasteiger partial charge in [0.05, 0.1) is 0 Å². The third-order valence-electron chi connectivity index (χ3n) is 6.80. The van der Waals surface area contributed by atoms with E-state index in [4.69, 9.17) is 0 Å². The lowest BCUT2D eigenvalue weighted by Crippen LogP contribution is -2.37. The predicted molar refractivity (Wildman–Crippen MR) is 119 cm³/mol. The summed E-state index contributed by atoms with van der Waals surface area (Å²) < 4.78 is 0. The predicted octanol–water partition coefficient (Wildman–Crippen LogP) is 7.26. The van der Waals surface area contributed by atoms with Crippen molar-refractivity contribution in [1.29, 1.82) is 0 Å². The zero-order chi connectivity index (χ0) is 19.9. The number of carbonyl (C=O) groups is 1. The zero-order valence-corrected chi connectivity index (χ0v) is 19.1. The molecule has 1 saturated heterocycles. The highest BCUT2D eigenvalue weighted by molar-refractivity contribution is 5.80. The number of carbonyl (C=O) groups excluding carboxylic acids is 1. The van der Waals surface area contributed by atoms with Gasteiger partial charge < -0.3 is 4.90 Å². The van der Waals surface area contributed by atoms with Crippen molar-refractivity contribution in [3.8, 4) is 0 Å². The van der Waals surface area contributed by atoms with Crippen molar-refractivity contribution in [3.63, 3.8) is 0 Å². The number of hydrogen-bond acceptors (Lipinski definition) is 2. The molecule has 2 nitrogen and oxygen atoms in total. The lowest BCUT2D eigenvalue weighted by molar-refractivity contribution is -0.123. The largest absolute Gasteiger partial charge is 0.303 e. The maximum Gasteiger partial charge on any atom is 0.135 e. The van der Waals surface area contributed by atoms with Gasteiger partial charge in [-0.05, 0) is 50.6 Å². The molecule has 0 aromatic heterocycles. The first kappa shape index (κ1) is 24.7. The Balaban J connectivity index is 2.19. The van der Waals surface area contributed by atoms with Crippen molar-refractivity contribution in [2.45, 2.75) is 118 Å². The summed E-state index contributed by atoms with van der Waals surface area (Å²) in [5.41, 5.74) is 0. The second-order valence-electron chi connectivity index (χ2n) is 9.29. The molecule has 0 aromatic rings. The molecule has 1 fully saturated rings. The summed E-state index contributed by atoms with van der Waals surface area (Å²) in [5.74, 6) is 2.35. The third kappa shape index (κ3) is 11.3. The highest BCUT2D eigenvalue weighted by Gasteiger charge is 2.24. The van der Waals surface area contributed by atoms with E-state index >= 15 is 0 Å². The summed E-state index contributed by atoms with van der Waals surface area (Å²) in [7, 11) is 0. The smallest absolute Gasteiger partial charge is 0.135 e. The van der Waals surface area contributed by atoms with Gasteiger partial charge in [0.2, 0.25) is 0 Å². The lowest BCUT2D eigenvalue weighted by Gasteiger charge is -2.34. The quantitative estimate of drug-likeness (QED) is 0.263. The van der Waals surface area contributed by atoms with Crippen molar-refractivity contribution < 1.29 is 4.79 Å². The molecule has 27 heavy (non-hydrogen) atoms. The van der Waals surface area contributed by atoms with Gasteiger partial charge in [-0.3, -0.25) is 4.79 Å². The Kier molecular flexibility index (Phi) is 14.2. The van der Waals surface area contributed by atoms with Gasteiger partial charge in [0.25, 0.3) is 0 Å². The van der Waals surface area contributed by atoms with Crippen LogP contribution in [-0.2, 0) is 4.79 Å². The second-order valence-corrected chi connectivity index (χ2v) is 9.29. The van der Waals surface area contributed by atoms with E-state index in [2.05, 4.69) is 32.6 Å². The van der Waals surface area contributed by atoms with Crippen LogP contribution in [0.2, 0.25) is 0 Å². The van der Waals surface area contributed by atoms with Crippen LogP contribution < -0.4 is 0 Å². The molecule has 0 N–H and O–H groups in total. The minimum Gasteiger partial charge on any atom is -0.303 e. The molecule has 1 aliphatic rings. The van der Waals surface area contributed by atoms with Crippen LogP contribution in [0.4, 0.5) is 0 Å². The normalized spacial score (nSPS) is 18.5.